The molecule has 1 heterocycles. The van der Waals surface area contributed by atoms with E-state index in [2.05, 4.69) is 31.4 Å². The molecule has 18 heavy (non-hydrogen) atoms. The highest BCUT2D eigenvalue weighted by Gasteiger charge is 2.11. The Balaban J connectivity index is 2.65. The largest absolute Gasteiger partial charge is 0.345 e. The van der Waals surface area contributed by atoms with Gasteiger partial charge >= 0.3 is 0 Å². The van der Waals surface area contributed by atoms with Gasteiger partial charge in [-0.3, -0.25) is 4.79 Å². The standard InChI is InChI=1S/C14H25N3O/c1-5-13(15-6-2)12-8-9-17(10-12)11-14(18)16(4)7-3/h8-10,13,15H,5-7,11H2,1-4H3. The highest BCUT2D eigenvalue weighted by molar-refractivity contribution is 5.75. The molecule has 1 rings (SSSR count). The van der Waals surface area contributed by atoms with E-state index in [0.29, 0.717) is 12.6 Å². The Hall–Kier alpha value is -1.29. The predicted molar refractivity (Wildman–Crippen MR) is 74.5 cm³/mol. The van der Waals surface area contributed by atoms with Gasteiger partial charge in [0.05, 0.1) is 0 Å². The summed E-state index contributed by atoms with van der Waals surface area (Å²) >= 11 is 0. The van der Waals surface area contributed by atoms with Crippen LogP contribution in [-0.2, 0) is 11.3 Å². The van der Waals surface area contributed by atoms with E-state index in [1.807, 2.05) is 24.7 Å². The van der Waals surface area contributed by atoms with Gasteiger partial charge in [0.2, 0.25) is 5.91 Å². The summed E-state index contributed by atoms with van der Waals surface area (Å²) in [5.74, 6) is 0.149. The molecule has 0 aliphatic carbocycles. The average Bonchev–Trinajstić information content (AvgIpc) is 2.83. The second kappa shape index (κ2) is 7.21. The number of hydrogen-bond donors (Lipinski definition) is 1. The van der Waals surface area contributed by atoms with Crippen LogP contribution in [0, 0.1) is 0 Å². The van der Waals surface area contributed by atoms with E-state index in [-0.39, 0.29) is 5.91 Å². The summed E-state index contributed by atoms with van der Waals surface area (Å²) in [7, 11) is 1.83. The van der Waals surface area contributed by atoms with Gasteiger partial charge in [-0.15, -0.1) is 0 Å². The molecule has 0 aromatic carbocycles. The van der Waals surface area contributed by atoms with Gasteiger partial charge in [-0.2, -0.15) is 0 Å². The number of likely N-dealkylation sites (N-methyl/N-ethyl adjacent to an activating group) is 1. The molecule has 0 spiro atoms. The summed E-state index contributed by atoms with van der Waals surface area (Å²) < 4.78 is 1.96. The number of nitrogens with zero attached hydrogens (tertiary/aromatic N) is 2. The van der Waals surface area contributed by atoms with E-state index in [1.165, 1.54) is 5.56 Å². The number of carbonyl (C=O) groups excluding carboxylic acids is 1. The molecule has 0 aliphatic heterocycles. The Bertz CT molecular complexity index is 373. The summed E-state index contributed by atoms with van der Waals surface area (Å²) in [5.41, 5.74) is 1.26. The van der Waals surface area contributed by atoms with Crippen molar-refractivity contribution in [1.82, 2.24) is 14.8 Å². The topological polar surface area (TPSA) is 37.3 Å². The van der Waals surface area contributed by atoms with Crippen LogP contribution in [0.4, 0.5) is 0 Å². The lowest BCUT2D eigenvalue weighted by atomic mass is 10.1. The Labute approximate surface area is 110 Å². The summed E-state index contributed by atoms with van der Waals surface area (Å²) in [4.78, 5) is 13.5. The number of carbonyl (C=O) groups is 1. The van der Waals surface area contributed by atoms with Crippen molar-refractivity contribution in [1.29, 1.82) is 0 Å². The smallest absolute Gasteiger partial charge is 0.242 e. The summed E-state index contributed by atoms with van der Waals surface area (Å²) in [6.07, 6.45) is 5.11. The van der Waals surface area contributed by atoms with Crippen LogP contribution < -0.4 is 5.32 Å². The van der Waals surface area contributed by atoms with Crippen molar-refractivity contribution >= 4 is 5.91 Å². The molecule has 1 aromatic rings. The maximum absolute atomic E-state index is 11.8. The molecule has 1 N–H and O–H groups in total. The van der Waals surface area contributed by atoms with E-state index >= 15 is 0 Å². The molecule has 1 amide bonds. The fraction of sp³-hybridized carbons (Fsp3) is 0.643. The third kappa shape index (κ3) is 3.88. The first-order chi connectivity index (χ1) is 8.62. The van der Waals surface area contributed by atoms with Crippen molar-refractivity contribution in [2.24, 2.45) is 0 Å². The first-order valence-corrected chi connectivity index (χ1v) is 6.75. The zero-order valence-corrected chi connectivity index (χ0v) is 11.9. The minimum Gasteiger partial charge on any atom is -0.345 e. The highest BCUT2D eigenvalue weighted by Crippen LogP contribution is 2.16. The lowest BCUT2D eigenvalue weighted by molar-refractivity contribution is -0.130. The predicted octanol–water partition coefficient (Wildman–Crippen LogP) is 2.03. The minimum absolute atomic E-state index is 0.149. The monoisotopic (exact) mass is 251 g/mol. The fourth-order valence-electron chi connectivity index (χ4n) is 1.96. The molecule has 0 aliphatic rings. The normalized spacial score (nSPS) is 12.4. The number of amides is 1. The van der Waals surface area contributed by atoms with Gasteiger partial charge in [0.25, 0.3) is 0 Å². The molecule has 4 nitrogen and oxygen atoms in total. The minimum atomic E-state index is 0.149. The SMILES string of the molecule is CCNC(CC)c1ccn(CC(=O)N(C)CC)c1. The average molecular weight is 251 g/mol. The number of nitrogens with one attached hydrogen (secondary N) is 1. The molecule has 102 valence electrons. The van der Waals surface area contributed by atoms with Gasteiger partial charge in [-0.1, -0.05) is 13.8 Å². The maximum atomic E-state index is 11.8. The summed E-state index contributed by atoms with van der Waals surface area (Å²) in [5, 5.41) is 3.44. The molecular formula is C14H25N3O. The van der Waals surface area contributed by atoms with Crippen molar-refractivity contribution in [3.63, 3.8) is 0 Å². The number of rotatable bonds is 7. The molecular weight excluding hydrogens is 226 g/mol. The first-order valence-electron chi connectivity index (χ1n) is 6.75. The van der Waals surface area contributed by atoms with Gasteiger partial charge in [0.1, 0.15) is 6.54 Å². The molecule has 0 saturated carbocycles. The van der Waals surface area contributed by atoms with Crippen LogP contribution in [0.25, 0.3) is 0 Å². The quantitative estimate of drug-likeness (QED) is 0.805. The Kier molecular flexibility index (Phi) is 5.92. The van der Waals surface area contributed by atoms with Gasteiger partial charge in [-0.05, 0) is 31.5 Å². The second-order valence-corrected chi connectivity index (χ2v) is 4.54. The van der Waals surface area contributed by atoms with E-state index in [1.54, 1.807) is 4.90 Å². The van der Waals surface area contributed by atoms with Crippen molar-refractivity contribution < 1.29 is 4.79 Å². The third-order valence-corrected chi connectivity index (χ3v) is 3.25. The van der Waals surface area contributed by atoms with E-state index in [0.717, 1.165) is 19.5 Å². The highest BCUT2D eigenvalue weighted by atomic mass is 16.2. The van der Waals surface area contributed by atoms with E-state index in [4.69, 9.17) is 0 Å². The molecule has 0 radical (unpaired) electrons. The third-order valence-electron chi connectivity index (χ3n) is 3.25. The van der Waals surface area contributed by atoms with Crippen LogP contribution in [0.15, 0.2) is 18.5 Å². The zero-order valence-electron chi connectivity index (χ0n) is 11.9. The van der Waals surface area contributed by atoms with E-state index in [9.17, 15) is 4.79 Å². The van der Waals surface area contributed by atoms with Crippen molar-refractivity contribution in [3.8, 4) is 0 Å². The molecule has 0 saturated heterocycles. The Morgan fingerprint density at radius 1 is 1.44 bits per heavy atom. The first kappa shape index (κ1) is 14.8. The van der Waals surface area contributed by atoms with Crippen LogP contribution in [0.5, 0.6) is 0 Å². The summed E-state index contributed by atoms with van der Waals surface area (Å²) in [6, 6.07) is 2.48. The molecule has 1 unspecified atom stereocenters. The Morgan fingerprint density at radius 3 is 2.72 bits per heavy atom. The number of aromatic nitrogens is 1. The van der Waals surface area contributed by atoms with Crippen LogP contribution in [-0.4, -0.2) is 35.5 Å². The number of hydrogen-bond acceptors (Lipinski definition) is 2. The molecule has 4 heteroatoms. The van der Waals surface area contributed by atoms with Gasteiger partial charge < -0.3 is 14.8 Å². The lowest BCUT2D eigenvalue weighted by Gasteiger charge is -2.15. The molecule has 0 bridgehead atoms. The maximum Gasteiger partial charge on any atom is 0.242 e. The Morgan fingerprint density at radius 2 is 2.17 bits per heavy atom. The van der Waals surface area contributed by atoms with E-state index < -0.39 is 0 Å². The van der Waals surface area contributed by atoms with Crippen molar-refractivity contribution in [2.45, 2.75) is 39.8 Å². The zero-order chi connectivity index (χ0) is 13.5. The van der Waals surface area contributed by atoms with Gasteiger partial charge in [0.15, 0.2) is 0 Å². The van der Waals surface area contributed by atoms with Gasteiger partial charge in [0, 0.05) is 32.0 Å². The van der Waals surface area contributed by atoms with Gasteiger partial charge in [-0.25, -0.2) is 0 Å². The van der Waals surface area contributed by atoms with Crippen LogP contribution >= 0.6 is 0 Å². The summed E-state index contributed by atoms with van der Waals surface area (Å²) in [6.45, 7) is 8.40. The van der Waals surface area contributed by atoms with Crippen LogP contribution in [0.1, 0.15) is 38.8 Å². The fourth-order valence-corrected chi connectivity index (χ4v) is 1.96. The van der Waals surface area contributed by atoms with Crippen molar-refractivity contribution in [2.75, 3.05) is 20.1 Å². The lowest BCUT2D eigenvalue weighted by Crippen LogP contribution is -2.29. The second-order valence-electron chi connectivity index (χ2n) is 4.54. The van der Waals surface area contributed by atoms with Crippen LogP contribution in [0.2, 0.25) is 0 Å². The molecule has 1 atom stereocenters. The molecule has 0 fully saturated rings. The molecule has 1 aromatic heterocycles. The van der Waals surface area contributed by atoms with Crippen LogP contribution in [0.3, 0.4) is 0 Å². The van der Waals surface area contributed by atoms with Crippen molar-refractivity contribution in [3.05, 3.63) is 24.0 Å².